The molecule has 1 N–H and O–H groups in total. The van der Waals surface area contributed by atoms with Crippen LogP contribution in [0.1, 0.15) is 25.3 Å². The van der Waals surface area contributed by atoms with Gasteiger partial charge in [-0.05, 0) is 38.8 Å². The minimum Gasteiger partial charge on any atom is -0.393 e. The molecular formula is C13H19NO3S. The molecule has 0 bridgehead atoms. The Hall–Kier alpha value is -0.910. The number of benzene rings is 1. The third kappa shape index (κ3) is 2.58. The first kappa shape index (κ1) is 13.5. The highest BCUT2D eigenvalue weighted by Crippen LogP contribution is 2.25. The Labute approximate surface area is 108 Å². The highest BCUT2D eigenvalue weighted by atomic mass is 32.2. The van der Waals surface area contributed by atoms with Crippen LogP contribution in [-0.4, -0.2) is 36.5 Å². The van der Waals surface area contributed by atoms with Gasteiger partial charge in [0, 0.05) is 12.6 Å². The fraction of sp³-hybridized carbons (Fsp3) is 0.538. The van der Waals surface area contributed by atoms with E-state index in [1.165, 1.54) is 4.31 Å². The van der Waals surface area contributed by atoms with Gasteiger partial charge in [0.05, 0.1) is 11.0 Å². The number of piperidine rings is 1. The van der Waals surface area contributed by atoms with Gasteiger partial charge in [0.1, 0.15) is 0 Å². The van der Waals surface area contributed by atoms with Gasteiger partial charge < -0.3 is 5.11 Å². The number of aliphatic hydroxyl groups is 1. The van der Waals surface area contributed by atoms with E-state index in [0.717, 1.165) is 5.56 Å². The number of sulfonamides is 1. The van der Waals surface area contributed by atoms with Gasteiger partial charge in [0.2, 0.25) is 10.0 Å². The lowest BCUT2D eigenvalue weighted by Gasteiger charge is -2.34. The molecule has 1 aliphatic rings. The van der Waals surface area contributed by atoms with Crippen LogP contribution in [0.3, 0.4) is 0 Å². The molecule has 0 radical (unpaired) electrons. The zero-order valence-corrected chi connectivity index (χ0v) is 11.5. The van der Waals surface area contributed by atoms with Crippen molar-refractivity contribution in [3.05, 3.63) is 29.8 Å². The lowest BCUT2D eigenvalue weighted by molar-refractivity contribution is 0.0867. The van der Waals surface area contributed by atoms with Gasteiger partial charge in [0.15, 0.2) is 0 Å². The highest BCUT2D eigenvalue weighted by Gasteiger charge is 2.33. The lowest BCUT2D eigenvalue weighted by atomic mass is 10.0. The number of hydrogen-bond donors (Lipinski definition) is 1. The summed E-state index contributed by atoms with van der Waals surface area (Å²) in [5.41, 5.74) is 1.04. The second kappa shape index (κ2) is 4.99. The maximum absolute atomic E-state index is 12.5. The Morgan fingerprint density at radius 2 is 1.89 bits per heavy atom. The Morgan fingerprint density at radius 1 is 1.28 bits per heavy atom. The molecule has 0 aliphatic carbocycles. The molecule has 1 aromatic carbocycles. The van der Waals surface area contributed by atoms with Crippen molar-refractivity contribution < 1.29 is 13.5 Å². The van der Waals surface area contributed by atoms with E-state index in [0.29, 0.717) is 24.3 Å². The van der Waals surface area contributed by atoms with E-state index in [4.69, 9.17) is 0 Å². The molecule has 0 saturated carbocycles. The molecule has 100 valence electrons. The second-order valence-electron chi connectivity index (χ2n) is 4.96. The Balaban J connectivity index is 2.28. The second-order valence-corrected chi connectivity index (χ2v) is 6.85. The summed E-state index contributed by atoms with van der Waals surface area (Å²) in [6.45, 7) is 4.16. The highest BCUT2D eigenvalue weighted by molar-refractivity contribution is 7.89. The fourth-order valence-corrected chi connectivity index (χ4v) is 3.98. The summed E-state index contributed by atoms with van der Waals surface area (Å²) >= 11 is 0. The number of hydrogen-bond acceptors (Lipinski definition) is 3. The summed E-state index contributed by atoms with van der Waals surface area (Å²) in [6.07, 6.45) is 0.630. The van der Waals surface area contributed by atoms with E-state index in [-0.39, 0.29) is 12.1 Å². The summed E-state index contributed by atoms with van der Waals surface area (Å²) in [4.78, 5) is 0.330. The maximum atomic E-state index is 12.5. The third-order valence-corrected chi connectivity index (χ3v) is 5.44. The van der Waals surface area contributed by atoms with Crippen LogP contribution in [0, 0.1) is 6.92 Å². The van der Waals surface area contributed by atoms with E-state index in [9.17, 15) is 13.5 Å². The SMILES string of the molecule is Cc1ccc(S(=O)(=O)N2CCC(O)CC2C)cc1. The van der Waals surface area contributed by atoms with Crippen molar-refractivity contribution in [2.45, 2.75) is 43.7 Å². The van der Waals surface area contributed by atoms with Gasteiger partial charge >= 0.3 is 0 Å². The van der Waals surface area contributed by atoms with Crippen molar-refractivity contribution in [2.75, 3.05) is 6.54 Å². The van der Waals surface area contributed by atoms with Crippen molar-refractivity contribution in [1.82, 2.24) is 4.31 Å². The summed E-state index contributed by atoms with van der Waals surface area (Å²) in [5, 5.41) is 9.55. The van der Waals surface area contributed by atoms with Crippen molar-refractivity contribution in [3.63, 3.8) is 0 Å². The summed E-state index contributed by atoms with van der Waals surface area (Å²) in [5.74, 6) is 0. The summed E-state index contributed by atoms with van der Waals surface area (Å²) in [6, 6.07) is 6.73. The predicted molar refractivity (Wildman–Crippen MR) is 69.8 cm³/mol. The first-order chi connectivity index (χ1) is 8.41. The van der Waals surface area contributed by atoms with E-state index < -0.39 is 10.0 Å². The van der Waals surface area contributed by atoms with Crippen molar-refractivity contribution >= 4 is 10.0 Å². The fourth-order valence-electron chi connectivity index (χ4n) is 2.33. The average molecular weight is 269 g/mol. The van der Waals surface area contributed by atoms with E-state index in [1.807, 2.05) is 13.8 Å². The molecule has 18 heavy (non-hydrogen) atoms. The first-order valence-corrected chi connectivity index (χ1v) is 7.62. The molecule has 1 fully saturated rings. The molecule has 0 amide bonds. The Bertz CT molecular complexity index is 510. The molecule has 2 atom stereocenters. The third-order valence-electron chi connectivity index (χ3n) is 3.42. The molecule has 1 aliphatic heterocycles. The molecule has 1 aromatic rings. The van der Waals surface area contributed by atoms with Gasteiger partial charge in [-0.15, -0.1) is 0 Å². The Kier molecular flexibility index (Phi) is 3.75. The molecule has 2 rings (SSSR count). The molecule has 1 saturated heterocycles. The van der Waals surface area contributed by atoms with Crippen LogP contribution < -0.4 is 0 Å². The standard InChI is InChI=1S/C13H19NO3S/c1-10-3-5-13(6-4-10)18(16,17)14-8-7-12(15)9-11(14)2/h3-6,11-12,15H,7-9H2,1-2H3. The van der Waals surface area contributed by atoms with Crippen LogP contribution >= 0.6 is 0 Å². The molecule has 2 unspecified atom stereocenters. The lowest BCUT2D eigenvalue weighted by Crippen LogP contribution is -2.45. The zero-order valence-electron chi connectivity index (χ0n) is 10.7. The summed E-state index contributed by atoms with van der Waals surface area (Å²) < 4.78 is 26.4. The van der Waals surface area contributed by atoms with Gasteiger partial charge in [0.25, 0.3) is 0 Å². The van der Waals surface area contributed by atoms with E-state index >= 15 is 0 Å². The molecule has 0 aromatic heterocycles. The quantitative estimate of drug-likeness (QED) is 0.886. The topological polar surface area (TPSA) is 57.6 Å². The number of nitrogens with zero attached hydrogens (tertiary/aromatic N) is 1. The molecular weight excluding hydrogens is 250 g/mol. The van der Waals surface area contributed by atoms with Crippen LogP contribution in [0.4, 0.5) is 0 Å². The van der Waals surface area contributed by atoms with Crippen LogP contribution in [0.5, 0.6) is 0 Å². The Morgan fingerprint density at radius 3 is 2.44 bits per heavy atom. The monoisotopic (exact) mass is 269 g/mol. The van der Waals surface area contributed by atoms with Crippen LogP contribution in [-0.2, 0) is 10.0 Å². The van der Waals surface area contributed by atoms with Gasteiger partial charge in [-0.1, -0.05) is 17.7 Å². The van der Waals surface area contributed by atoms with Crippen LogP contribution in [0.25, 0.3) is 0 Å². The van der Waals surface area contributed by atoms with Crippen LogP contribution in [0.2, 0.25) is 0 Å². The van der Waals surface area contributed by atoms with Crippen LogP contribution in [0.15, 0.2) is 29.2 Å². The molecule has 1 heterocycles. The van der Waals surface area contributed by atoms with Gasteiger partial charge in [-0.2, -0.15) is 4.31 Å². The van der Waals surface area contributed by atoms with E-state index in [2.05, 4.69) is 0 Å². The first-order valence-electron chi connectivity index (χ1n) is 6.18. The summed E-state index contributed by atoms with van der Waals surface area (Å²) in [7, 11) is -3.43. The van der Waals surface area contributed by atoms with Gasteiger partial charge in [-0.3, -0.25) is 0 Å². The number of aryl methyl sites for hydroxylation is 1. The van der Waals surface area contributed by atoms with Crippen molar-refractivity contribution in [2.24, 2.45) is 0 Å². The minimum atomic E-state index is -3.43. The van der Waals surface area contributed by atoms with E-state index in [1.54, 1.807) is 24.3 Å². The maximum Gasteiger partial charge on any atom is 0.243 e. The number of aliphatic hydroxyl groups excluding tert-OH is 1. The largest absolute Gasteiger partial charge is 0.393 e. The predicted octanol–water partition coefficient (Wildman–Crippen LogP) is 1.53. The molecule has 0 spiro atoms. The molecule has 4 nitrogen and oxygen atoms in total. The van der Waals surface area contributed by atoms with Crippen molar-refractivity contribution in [1.29, 1.82) is 0 Å². The normalized spacial score (nSPS) is 26.2. The minimum absolute atomic E-state index is 0.153. The average Bonchev–Trinajstić information content (AvgIpc) is 2.29. The zero-order chi connectivity index (χ0) is 13.3. The van der Waals surface area contributed by atoms with Gasteiger partial charge in [-0.25, -0.2) is 8.42 Å². The van der Waals surface area contributed by atoms with Crippen molar-refractivity contribution in [3.8, 4) is 0 Å². The number of rotatable bonds is 2. The molecule has 5 heteroatoms. The smallest absolute Gasteiger partial charge is 0.243 e.